The molecule has 0 aromatic heterocycles. The first-order valence-electron chi connectivity index (χ1n) is 7.98. The lowest BCUT2D eigenvalue weighted by molar-refractivity contribution is 0.0500. The first-order chi connectivity index (χ1) is 10.2. The van der Waals surface area contributed by atoms with Crippen LogP contribution in [-0.4, -0.2) is 35.7 Å². The number of carbonyl (C=O) groups excluding carboxylic acids is 1. The number of hydrogen-bond donors (Lipinski definition) is 1. The van der Waals surface area contributed by atoms with Crippen molar-refractivity contribution in [3.63, 3.8) is 0 Å². The molecule has 1 aromatic rings. The van der Waals surface area contributed by atoms with Crippen LogP contribution >= 0.6 is 0 Å². The quantitative estimate of drug-likeness (QED) is 0.929. The molecule has 0 saturated carbocycles. The third-order valence-electron chi connectivity index (χ3n) is 4.18. The fraction of sp³-hybridized carbons (Fsp3) is 0.611. The molecule has 0 unspecified atom stereocenters. The number of hydrogen-bond acceptors (Lipinski definition) is 3. The van der Waals surface area contributed by atoms with E-state index in [-0.39, 0.29) is 17.7 Å². The molecule has 1 aromatic carbocycles. The van der Waals surface area contributed by atoms with Crippen molar-refractivity contribution in [3.8, 4) is 0 Å². The minimum atomic E-state index is -0.453. The van der Waals surface area contributed by atoms with E-state index in [1.807, 2.05) is 26.8 Å². The summed E-state index contributed by atoms with van der Waals surface area (Å²) in [7, 11) is 0. The molecule has 22 heavy (non-hydrogen) atoms. The molecule has 1 atom stereocenters. The molecule has 1 fully saturated rings. The highest BCUT2D eigenvalue weighted by Crippen LogP contribution is 2.30. The lowest BCUT2D eigenvalue weighted by atomic mass is 9.92. The minimum absolute atomic E-state index is 0.0361. The molecule has 1 aliphatic heterocycles. The molecule has 0 aliphatic carbocycles. The van der Waals surface area contributed by atoms with Crippen LogP contribution in [0, 0.1) is 0 Å². The summed E-state index contributed by atoms with van der Waals surface area (Å²) in [5.74, 6) is 0. The van der Waals surface area contributed by atoms with Crippen molar-refractivity contribution in [2.45, 2.75) is 58.2 Å². The maximum Gasteiger partial charge on any atom is 0.407 e. The van der Waals surface area contributed by atoms with E-state index in [1.165, 1.54) is 5.56 Å². The second-order valence-corrected chi connectivity index (χ2v) is 7.50. The summed E-state index contributed by atoms with van der Waals surface area (Å²) in [6, 6.07) is 10.7. The summed E-state index contributed by atoms with van der Waals surface area (Å²) in [5.41, 5.74) is 0.810. The summed E-state index contributed by atoms with van der Waals surface area (Å²) >= 11 is 0. The lowest BCUT2D eigenvalue weighted by Crippen LogP contribution is -2.44. The Kier molecular flexibility index (Phi) is 4.81. The molecule has 1 saturated heterocycles. The first kappa shape index (κ1) is 16.8. The Morgan fingerprint density at radius 3 is 2.41 bits per heavy atom. The largest absolute Gasteiger partial charge is 0.444 e. The third-order valence-corrected chi connectivity index (χ3v) is 4.18. The van der Waals surface area contributed by atoms with Gasteiger partial charge in [0.05, 0.1) is 0 Å². The van der Waals surface area contributed by atoms with Crippen LogP contribution in [0.2, 0.25) is 0 Å². The molecule has 1 heterocycles. The van der Waals surface area contributed by atoms with Crippen molar-refractivity contribution < 1.29 is 9.53 Å². The zero-order chi connectivity index (χ0) is 16.4. The number of amides is 1. The van der Waals surface area contributed by atoms with Crippen LogP contribution in [0.1, 0.15) is 46.6 Å². The van der Waals surface area contributed by atoms with Crippen LogP contribution in [-0.2, 0) is 10.3 Å². The summed E-state index contributed by atoms with van der Waals surface area (Å²) in [6.07, 6.45) is 0.632. The average Bonchev–Trinajstić information content (AvgIpc) is 2.86. The fourth-order valence-electron chi connectivity index (χ4n) is 2.89. The Morgan fingerprint density at radius 1 is 1.18 bits per heavy atom. The Bertz CT molecular complexity index is 506. The molecule has 122 valence electrons. The highest BCUT2D eigenvalue weighted by Gasteiger charge is 2.35. The van der Waals surface area contributed by atoms with Crippen LogP contribution < -0.4 is 5.32 Å². The Labute approximate surface area is 133 Å². The minimum Gasteiger partial charge on any atom is -0.444 e. The zero-order valence-electron chi connectivity index (χ0n) is 14.3. The van der Waals surface area contributed by atoms with Crippen molar-refractivity contribution in [3.05, 3.63) is 35.9 Å². The van der Waals surface area contributed by atoms with Gasteiger partial charge in [0.25, 0.3) is 0 Å². The summed E-state index contributed by atoms with van der Waals surface area (Å²) in [5, 5.41) is 2.99. The summed E-state index contributed by atoms with van der Waals surface area (Å²) < 4.78 is 5.34. The molecular formula is C18H28N2O2. The standard InChI is InChI=1S/C18H28N2O2/c1-17(2,3)22-16(21)19-15-11-12-20(13-15)18(4,5)14-9-7-6-8-10-14/h6-10,15H,11-13H2,1-5H3,(H,19,21)/t15-/m0/s1. The van der Waals surface area contributed by atoms with Gasteiger partial charge in [0.2, 0.25) is 0 Å². The van der Waals surface area contributed by atoms with Crippen LogP contribution in [0.5, 0.6) is 0 Å². The summed E-state index contributed by atoms with van der Waals surface area (Å²) in [4.78, 5) is 14.3. The van der Waals surface area contributed by atoms with Gasteiger partial charge >= 0.3 is 6.09 Å². The van der Waals surface area contributed by atoms with E-state index in [1.54, 1.807) is 0 Å². The number of ether oxygens (including phenoxy) is 1. The zero-order valence-corrected chi connectivity index (χ0v) is 14.3. The van der Waals surface area contributed by atoms with Crippen molar-refractivity contribution in [1.29, 1.82) is 0 Å². The van der Waals surface area contributed by atoms with Crippen LogP contribution in [0.3, 0.4) is 0 Å². The molecule has 1 N–H and O–H groups in total. The molecule has 4 nitrogen and oxygen atoms in total. The van der Waals surface area contributed by atoms with Crippen LogP contribution in [0.4, 0.5) is 4.79 Å². The van der Waals surface area contributed by atoms with E-state index in [4.69, 9.17) is 4.74 Å². The van der Waals surface area contributed by atoms with Gasteiger partial charge in [-0.2, -0.15) is 0 Å². The molecule has 4 heteroatoms. The van der Waals surface area contributed by atoms with Crippen LogP contribution in [0.25, 0.3) is 0 Å². The van der Waals surface area contributed by atoms with Gasteiger partial charge in [-0.1, -0.05) is 30.3 Å². The monoisotopic (exact) mass is 304 g/mol. The number of benzene rings is 1. The maximum absolute atomic E-state index is 11.9. The highest BCUT2D eigenvalue weighted by atomic mass is 16.6. The third kappa shape index (κ3) is 4.23. The van der Waals surface area contributed by atoms with Crippen molar-refractivity contribution in [1.82, 2.24) is 10.2 Å². The fourth-order valence-corrected chi connectivity index (χ4v) is 2.89. The van der Waals surface area contributed by atoms with E-state index in [0.717, 1.165) is 19.5 Å². The Morgan fingerprint density at radius 2 is 1.82 bits per heavy atom. The Hall–Kier alpha value is -1.55. The second kappa shape index (κ2) is 6.29. The number of nitrogens with zero attached hydrogens (tertiary/aromatic N) is 1. The molecule has 0 spiro atoms. The predicted molar refractivity (Wildman–Crippen MR) is 88.8 cm³/mol. The first-order valence-corrected chi connectivity index (χ1v) is 7.98. The second-order valence-electron chi connectivity index (χ2n) is 7.50. The normalized spacial score (nSPS) is 20.0. The number of likely N-dealkylation sites (tertiary alicyclic amines) is 1. The molecule has 1 aliphatic rings. The highest BCUT2D eigenvalue weighted by molar-refractivity contribution is 5.68. The number of nitrogens with one attached hydrogen (secondary N) is 1. The predicted octanol–water partition coefficient (Wildman–Crippen LogP) is 3.52. The van der Waals surface area contributed by atoms with Gasteiger partial charge < -0.3 is 10.1 Å². The van der Waals surface area contributed by atoms with Gasteiger partial charge in [0.15, 0.2) is 0 Å². The van der Waals surface area contributed by atoms with Gasteiger partial charge in [0, 0.05) is 24.7 Å². The van der Waals surface area contributed by atoms with Gasteiger partial charge in [-0.25, -0.2) is 4.79 Å². The number of rotatable bonds is 3. The molecule has 1 amide bonds. The van der Waals surface area contributed by atoms with Crippen molar-refractivity contribution >= 4 is 6.09 Å². The number of alkyl carbamates (subject to hydrolysis) is 1. The van der Waals surface area contributed by atoms with Gasteiger partial charge in [-0.05, 0) is 46.6 Å². The van der Waals surface area contributed by atoms with Gasteiger partial charge in [0.1, 0.15) is 5.60 Å². The van der Waals surface area contributed by atoms with E-state index in [2.05, 4.69) is 48.3 Å². The molecule has 2 rings (SSSR count). The molecular weight excluding hydrogens is 276 g/mol. The number of carbonyl (C=O) groups is 1. The van der Waals surface area contributed by atoms with Crippen molar-refractivity contribution in [2.75, 3.05) is 13.1 Å². The molecule has 0 radical (unpaired) electrons. The SMILES string of the molecule is CC(C)(C)OC(=O)N[C@H]1CCN(C(C)(C)c2ccccc2)C1. The Balaban J connectivity index is 1.94. The van der Waals surface area contributed by atoms with Crippen LogP contribution in [0.15, 0.2) is 30.3 Å². The summed E-state index contributed by atoms with van der Waals surface area (Å²) in [6.45, 7) is 11.9. The lowest BCUT2D eigenvalue weighted by Gasteiger charge is -2.36. The van der Waals surface area contributed by atoms with E-state index < -0.39 is 5.60 Å². The topological polar surface area (TPSA) is 41.6 Å². The maximum atomic E-state index is 11.9. The van der Waals surface area contributed by atoms with Crippen molar-refractivity contribution in [2.24, 2.45) is 0 Å². The smallest absolute Gasteiger partial charge is 0.407 e. The van der Waals surface area contributed by atoms with Gasteiger partial charge in [-0.3, -0.25) is 4.90 Å². The van der Waals surface area contributed by atoms with Gasteiger partial charge in [-0.15, -0.1) is 0 Å². The average molecular weight is 304 g/mol. The van der Waals surface area contributed by atoms with E-state index in [9.17, 15) is 4.79 Å². The van der Waals surface area contributed by atoms with E-state index in [0.29, 0.717) is 0 Å². The molecule has 0 bridgehead atoms. The van der Waals surface area contributed by atoms with E-state index >= 15 is 0 Å².